The van der Waals surface area contributed by atoms with Crippen LogP contribution in [0.25, 0.3) is 22.0 Å². The molecule has 3 unspecified atom stereocenters. The molecule has 0 saturated carbocycles. The minimum atomic E-state index is -0.0756. The average molecular weight is 450 g/mol. The molecule has 8 heteroatoms. The number of hydrogen-bond donors (Lipinski definition) is 4. The Hall–Kier alpha value is -2.78. The van der Waals surface area contributed by atoms with Gasteiger partial charge < -0.3 is 30.4 Å². The first-order valence-corrected chi connectivity index (χ1v) is 11.8. The van der Waals surface area contributed by atoms with E-state index in [9.17, 15) is 4.79 Å². The van der Waals surface area contributed by atoms with E-state index in [1.165, 1.54) is 0 Å². The van der Waals surface area contributed by atoms with E-state index in [1.807, 2.05) is 36.7 Å². The maximum absolute atomic E-state index is 13.0. The first-order chi connectivity index (χ1) is 16.2. The lowest BCUT2D eigenvalue weighted by atomic mass is 9.99. The van der Waals surface area contributed by atoms with E-state index in [0.717, 1.165) is 60.4 Å². The van der Waals surface area contributed by atoms with Gasteiger partial charge in [0.1, 0.15) is 6.10 Å². The van der Waals surface area contributed by atoms with Crippen LogP contribution in [0.15, 0.2) is 42.7 Å². The monoisotopic (exact) mass is 449 g/mol. The Balaban J connectivity index is 1.39. The van der Waals surface area contributed by atoms with Gasteiger partial charge in [0.2, 0.25) is 0 Å². The summed E-state index contributed by atoms with van der Waals surface area (Å²) in [6, 6.07) is 10.00. The Kier molecular flexibility index (Phi) is 6.68. The number of carbonyl (C=O) groups is 1. The molecule has 2 aliphatic heterocycles. The summed E-state index contributed by atoms with van der Waals surface area (Å²) < 4.78 is 11.5. The highest BCUT2D eigenvalue weighted by molar-refractivity contribution is 6.02. The molecule has 3 aromatic rings. The molecule has 2 saturated heterocycles. The number of ether oxygens (including phenoxy) is 2. The lowest BCUT2D eigenvalue weighted by molar-refractivity contribution is 0.0254. The molecule has 174 valence electrons. The molecule has 2 aromatic heterocycles. The Labute approximate surface area is 193 Å². The quantitative estimate of drug-likeness (QED) is 0.461. The van der Waals surface area contributed by atoms with E-state index in [0.29, 0.717) is 18.8 Å². The molecule has 2 aliphatic rings. The van der Waals surface area contributed by atoms with E-state index in [2.05, 4.69) is 38.9 Å². The first-order valence-electron chi connectivity index (χ1n) is 11.8. The number of aromatic nitrogens is 2. The summed E-state index contributed by atoms with van der Waals surface area (Å²) in [4.78, 5) is 21.0. The number of nitrogens with zero attached hydrogens (tertiary/aromatic N) is 1. The van der Waals surface area contributed by atoms with Crippen molar-refractivity contribution < 1.29 is 14.3 Å². The average Bonchev–Trinajstić information content (AvgIpc) is 3.31. The smallest absolute Gasteiger partial charge is 0.251 e. The van der Waals surface area contributed by atoms with Gasteiger partial charge in [0, 0.05) is 65.7 Å². The fourth-order valence-electron chi connectivity index (χ4n) is 4.72. The predicted molar refractivity (Wildman–Crippen MR) is 127 cm³/mol. The van der Waals surface area contributed by atoms with E-state index >= 15 is 0 Å². The van der Waals surface area contributed by atoms with Crippen molar-refractivity contribution in [1.29, 1.82) is 0 Å². The fourth-order valence-corrected chi connectivity index (χ4v) is 4.72. The fraction of sp³-hybridized carbons (Fsp3) is 0.440. The minimum Gasteiger partial charge on any atom is -0.378 e. The van der Waals surface area contributed by atoms with Crippen molar-refractivity contribution >= 4 is 16.8 Å². The lowest BCUT2D eigenvalue weighted by Crippen LogP contribution is -2.55. The Morgan fingerprint density at radius 1 is 1.24 bits per heavy atom. The summed E-state index contributed by atoms with van der Waals surface area (Å²) in [7, 11) is 0. The van der Waals surface area contributed by atoms with Crippen LogP contribution in [0.1, 0.15) is 35.5 Å². The zero-order valence-corrected chi connectivity index (χ0v) is 18.9. The van der Waals surface area contributed by atoms with Gasteiger partial charge in [-0.15, -0.1) is 0 Å². The van der Waals surface area contributed by atoms with Gasteiger partial charge in [-0.25, -0.2) is 0 Å². The number of rotatable bonds is 6. The van der Waals surface area contributed by atoms with Gasteiger partial charge in [0.05, 0.1) is 31.6 Å². The molecule has 4 heterocycles. The van der Waals surface area contributed by atoms with Crippen LogP contribution >= 0.6 is 0 Å². The van der Waals surface area contributed by atoms with Crippen LogP contribution < -0.4 is 16.0 Å². The molecule has 33 heavy (non-hydrogen) atoms. The Bertz CT molecular complexity index is 1100. The van der Waals surface area contributed by atoms with Gasteiger partial charge in [-0.1, -0.05) is 19.1 Å². The second kappa shape index (κ2) is 10.0. The number of pyridine rings is 1. The van der Waals surface area contributed by atoms with Crippen molar-refractivity contribution in [3.05, 3.63) is 54.0 Å². The second-order valence-electron chi connectivity index (χ2n) is 8.59. The van der Waals surface area contributed by atoms with Crippen LogP contribution in [0.5, 0.6) is 0 Å². The number of benzene rings is 1. The topological polar surface area (TPSA) is 100 Å². The van der Waals surface area contributed by atoms with Gasteiger partial charge in [-0.2, -0.15) is 0 Å². The van der Waals surface area contributed by atoms with Gasteiger partial charge in [0.15, 0.2) is 0 Å². The van der Waals surface area contributed by atoms with Crippen LogP contribution in [0.4, 0.5) is 0 Å². The zero-order valence-electron chi connectivity index (χ0n) is 18.9. The first kappa shape index (κ1) is 22.0. The number of morpholine rings is 2. The predicted octanol–water partition coefficient (Wildman–Crippen LogP) is 2.39. The van der Waals surface area contributed by atoms with E-state index in [1.54, 1.807) is 0 Å². The third kappa shape index (κ3) is 4.65. The highest BCUT2D eigenvalue weighted by Crippen LogP contribution is 2.34. The van der Waals surface area contributed by atoms with Crippen molar-refractivity contribution in [1.82, 2.24) is 25.9 Å². The van der Waals surface area contributed by atoms with Gasteiger partial charge >= 0.3 is 0 Å². The van der Waals surface area contributed by atoms with E-state index in [4.69, 9.17) is 9.47 Å². The lowest BCUT2D eigenvalue weighted by Gasteiger charge is -2.31. The molecule has 0 aliphatic carbocycles. The third-order valence-electron chi connectivity index (χ3n) is 6.50. The summed E-state index contributed by atoms with van der Waals surface area (Å²) in [6.07, 6.45) is 4.56. The van der Waals surface area contributed by atoms with Crippen LogP contribution in [0.2, 0.25) is 0 Å². The van der Waals surface area contributed by atoms with Gasteiger partial charge in [-0.05, 0) is 24.6 Å². The number of hydrogen-bond acceptors (Lipinski definition) is 6. The maximum atomic E-state index is 13.0. The van der Waals surface area contributed by atoms with Crippen LogP contribution in [0.3, 0.4) is 0 Å². The van der Waals surface area contributed by atoms with Crippen molar-refractivity contribution in [2.24, 2.45) is 0 Å². The molecule has 3 atom stereocenters. The SMILES string of the molecule is CCC(NC(=O)c1ccc2c(-c3cccnc3C3CNCCO3)c[nH]c2c1)C1COCCN1. The summed E-state index contributed by atoms with van der Waals surface area (Å²) in [5.74, 6) is -0.0731. The number of aromatic amines is 1. The molecule has 5 rings (SSSR count). The molecular formula is C25H31N5O3. The number of amides is 1. The largest absolute Gasteiger partial charge is 0.378 e. The van der Waals surface area contributed by atoms with Crippen molar-refractivity contribution in [2.75, 3.05) is 39.5 Å². The maximum Gasteiger partial charge on any atom is 0.251 e. The second-order valence-corrected chi connectivity index (χ2v) is 8.59. The zero-order chi connectivity index (χ0) is 22.6. The van der Waals surface area contributed by atoms with E-state index < -0.39 is 0 Å². The molecule has 2 fully saturated rings. The number of fused-ring (bicyclic) bond motifs is 1. The Morgan fingerprint density at radius 3 is 2.97 bits per heavy atom. The highest BCUT2D eigenvalue weighted by Gasteiger charge is 2.25. The van der Waals surface area contributed by atoms with E-state index in [-0.39, 0.29) is 24.1 Å². The number of nitrogens with one attached hydrogen (secondary N) is 4. The molecule has 1 amide bonds. The molecular weight excluding hydrogens is 418 g/mol. The minimum absolute atomic E-state index is 0.0229. The van der Waals surface area contributed by atoms with Crippen molar-refractivity contribution in [3.8, 4) is 11.1 Å². The molecule has 4 N–H and O–H groups in total. The van der Waals surface area contributed by atoms with Crippen LogP contribution in [0, 0.1) is 0 Å². The third-order valence-corrected chi connectivity index (χ3v) is 6.50. The summed E-state index contributed by atoms with van der Waals surface area (Å²) >= 11 is 0. The van der Waals surface area contributed by atoms with Gasteiger partial charge in [0.25, 0.3) is 5.91 Å². The van der Waals surface area contributed by atoms with Crippen molar-refractivity contribution in [3.63, 3.8) is 0 Å². The highest BCUT2D eigenvalue weighted by atomic mass is 16.5. The number of H-pyrrole nitrogens is 1. The summed E-state index contributed by atoms with van der Waals surface area (Å²) in [6.45, 7) is 6.51. The molecule has 0 radical (unpaired) electrons. The number of carbonyl (C=O) groups excluding carboxylic acids is 1. The standard InChI is InChI=1S/C25H31N5O3/c1-2-20(22-15-32-10-9-27-22)30-25(31)16-5-6-17-19(13-29-21(17)12-16)18-4-3-7-28-24(18)23-14-26-8-11-33-23/h3-7,12-13,20,22-23,26-27,29H,2,8-11,14-15H2,1H3,(H,30,31). The molecule has 0 spiro atoms. The molecule has 1 aromatic carbocycles. The Morgan fingerprint density at radius 2 is 2.18 bits per heavy atom. The van der Waals surface area contributed by atoms with Gasteiger partial charge in [-0.3, -0.25) is 9.78 Å². The summed E-state index contributed by atoms with van der Waals surface area (Å²) in [5.41, 5.74) is 4.59. The van der Waals surface area contributed by atoms with Crippen molar-refractivity contribution in [2.45, 2.75) is 31.5 Å². The normalized spacial score (nSPS) is 22.2. The van der Waals surface area contributed by atoms with Crippen LogP contribution in [-0.4, -0.2) is 67.4 Å². The van der Waals surface area contributed by atoms with Crippen LogP contribution in [-0.2, 0) is 9.47 Å². The summed E-state index contributed by atoms with van der Waals surface area (Å²) in [5, 5.41) is 11.1. The molecule has 8 nitrogen and oxygen atoms in total. The molecule has 0 bridgehead atoms.